The molecule has 0 aromatic heterocycles. The summed E-state index contributed by atoms with van der Waals surface area (Å²) in [4.78, 5) is 7.49. The van der Waals surface area contributed by atoms with Gasteiger partial charge in [0, 0.05) is 37.3 Å². The number of hydrogen-bond donors (Lipinski definition) is 2. The summed E-state index contributed by atoms with van der Waals surface area (Å²) in [6, 6.07) is 5.91. The van der Waals surface area contributed by atoms with E-state index in [9.17, 15) is 0 Å². The van der Waals surface area contributed by atoms with Gasteiger partial charge in [0.05, 0.1) is 34.0 Å². The molecule has 0 radical (unpaired) electrons. The van der Waals surface area contributed by atoms with Crippen molar-refractivity contribution in [1.29, 1.82) is 0 Å². The molecule has 0 bridgehead atoms. The van der Waals surface area contributed by atoms with Gasteiger partial charge in [0.2, 0.25) is 0 Å². The lowest BCUT2D eigenvalue weighted by atomic mass is 9.80. The highest BCUT2D eigenvalue weighted by molar-refractivity contribution is 5.79. The number of morpholine rings is 1. The van der Waals surface area contributed by atoms with Crippen LogP contribution in [-0.2, 0) is 11.3 Å². The number of guanidine groups is 1. The third-order valence-corrected chi connectivity index (χ3v) is 6.29. The summed E-state index contributed by atoms with van der Waals surface area (Å²) in [6.07, 6.45) is 6.42. The number of nitrogens with zero attached hydrogens (tertiary/aromatic N) is 2. The van der Waals surface area contributed by atoms with Gasteiger partial charge in [-0.2, -0.15) is 0 Å². The maximum atomic E-state index is 5.61. The number of nitrogens with one attached hydrogen (secondary N) is 2. The Balaban J connectivity index is 1.71. The largest absolute Gasteiger partial charge is 0.493 e. The Hall–Kier alpha value is -1.99. The zero-order valence-electron chi connectivity index (χ0n) is 18.8. The number of rotatable bonds is 8. The maximum Gasteiger partial charge on any atom is 0.191 e. The van der Waals surface area contributed by atoms with Crippen LogP contribution in [0.1, 0.15) is 44.6 Å². The van der Waals surface area contributed by atoms with Gasteiger partial charge in [0.25, 0.3) is 0 Å². The van der Waals surface area contributed by atoms with Crippen LogP contribution in [0.2, 0.25) is 0 Å². The van der Waals surface area contributed by atoms with E-state index in [0.717, 1.165) is 62.4 Å². The first-order chi connectivity index (χ1) is 14.7. The van der Waals surface area contributed by atoms with Gasteiger partial charge in [0.1, 0.15) is 0 Å². The summed E-state index contributed by atoms with van der Waals surface area (Å²) in [5.74, 6) is 2.33. The zero-order chi connectivity index (χ0) is 21.2. The number of methoxy groups -OCH3 is 2. The number of ether oxygens (including phenoxy) is 3. The van der Waals surface area contributed by atoms with Crippen LogP contribution in [0.3, 0.4) is 0 Å². The van der Waals surface area contributed by atoms with E-state index < -0.39 is 0 Å². The molecule has 1 saturated heterocycles. The molecule has 2 fully saturated rings. The number of aliphatic imine (C=N–C) groups is 1. The van der Waals surface area contributed by atoms with Crippen molar-refractivity contribution in [3.05, 3.63) is 23.8 Å². The van der Waals surface area contributed by atoms with Crippen LogP contribution in [0.25, 0.3) is 0 Å². The van der Waals surface area contributed by atoms with Crippen LogP contribution in [0.4, 0.5) is 0 Å². The lowest BCUT2D eigenvalue weighted by Crippen LogP contribution is -2.60. The molecule has 0 unspecified atom stereocenters. The molecular weight excluding hydrogens is 380 g/mol. The van der Waals surface area contributed by atoms with Crippen LogP contribution >= 0.6 is 0 Å². The summed E-state index contributed by atoms with van der Waals surface area (Å²) in [5.41, 5.74) is 1.21. The predicted octanol–water partition coefficient (Wildman–Crippen LogP) is 2.79. The number of para-hydroxylation sites is 1. The molecule has 0 amide bonds. The van der Waals surface area contributed by atoms with Crippen molar-refractivity contribution in [3.63, 3.8) is 0 Å². The fraction of sp³-hybridized carbons (Fsp3) is 0.696. The molecule has 30 heavy (non-hydrogen) atoms. The minimum Gasteiger partial charge on any atom is -0.493 e. The van der Waals surface area contributed by atoms with Gasteiger partial charge in [-0.3, -0.25) is 4.90 Å². The summed E-state index contributed by atoms with van der Waals surface area (Å²) >= 11 is 0. The summed E-state index contributed by atoms with van der Waals surface area (Å²) in [5, 5.41) is 7.05. The smallest absolute Gasteiger partial charge is 0.191 e. The van der Waals surface area contributed by atoms with Crippen molar-refractivity contribution < 1.29 is 14.2 Å². The second-order valence-corrected chi connectivity index (χ2v) is 8.09. The van der Waals surface area contributed by atoms with E-state index in [-0.39, 0.29) is 5.54 Å². The molecule has 3 rings (SSSR count). The van der Waals surface area contributed by atoms with E-state index >= 15 is 0 Å². The van der Waals surface area contributed by atoms with E-state index in [2.05, 4.69) is 22.5 Å². The average Bonchev–Trinajstić information content (AvgIpc) is 2.81. The SMILES string of the molecule is CCNC(=NCc1cccc(OC)c1OC)NCC1(N2CCOCC2)CCCCC1. The molecule has 168 valence electrons. The highest BCUT2D eigenvalue weighted by atomic mass is 16.5. The molecule has 1 aromatic rings. The molecule has 7 nitrogen and oxygen atoms in total. The molecule has 1 heterocycles. The van der Waals surface area contributed by atoms with E-state index in [4.69, 9.17) is 19.2 Å². The third kappa shape index (κ3) is 5.58. The lowest BCUT2D eigenvalue weighted by Gasteiger charge is -2.48. The molecule has 1 aliphatic heterocycles. The van der Waals surface area contributed by atoms with Crippen molar-refractivity contribution in [3.8, 4) is 11.5 Å². The summed E-state index contributed by atoms with van der Waals surface area (Å²) in [6.45, 7) is 8.09. The van der Waals surface area contributed by atoms with Crippen molar-refractivity contribution in [2.24, 2.45) is 4.99 Å². The Kier molecular flexibility index (Phi) is 8.63. The first kappa shape index (κ1) is 22.7. The molecule has 0 spiro atoms. The van der Waals surface area contributed by atoms with Crippen molar-refractivity contribution in [2.75, 3.05) is 53.6 Å². The number of hydrogen-bond acceptors (Lipinski definition) is 5. The Morgan fingerprint density at radius 2 is 1.87 bits per heavy atom. The highest BCUT2D eigenvalue weighted by Crippen LogP contribution is 2.34. The van der Waals surface area contributed by atoms with Crippen molar-refractivity contribution in [1.82, 2.24) is 15.5 Å². The van der Waals surface area contributed by atoms with Crippen LogP contribution < -0.4 is 20.1 Å². The van der Waals surface area contributed by atoms with Gasteiger partial charge in [-0.15, -0.1) is 0 Å². The van der Waals surface area contributed by atoms with E-state index in [1.165, 1.54) is 32.1 Å². The fourth-order valence-corrected chi connectivity index (χ4v) is 4.68. The maximum absolute atomic E-state index is 5.61. The monoisotopic (exact) mass is 418 g/mol. The lowest BCUT2D eigenvalue weighted by molar-refractivity contribution is -0.0352. The zero-order valence-corrected chi connectivity index (χ0v) is 18.8. The summed E-state index contributed by atoms with van der Waals surface area (Å²) in [7, 11) is 3.33. The van der Waals surface area contributed by atoms with Gasteiger partial charge in [-0.25, -0.2) is 4.99 Å². The Bertz CT molecular complexity index is 683. The van der Waals surface area contributed by atoms with Gasteiger partial charge in [-0.1, -0.05) is 31.4 Å². The standard InChI is InChI=1S/C23H38N4O3/c1-4-24-22(25-17-19-9-8-10-20(28-2)21(19)29-3)26-18-23(11-6-5-7-12-23)27-13-15-30-16-14-27/h8-10H,4-7,11-18H2,1-3H3,(H2,24,25,26). The molecule has 1 aliphatic carbocycles. The average molecular weight is 419 g/mol. The van der Waals surface area contributed by atoms with Crippen LogP contribution in [0, 0.1) is 0 Å². The predicted molar refractivity (Wildman–Crippen MR) is 121 cm³/mol. The quantitative estimate of drug-likeness (QED) is 0.500. The van der Waals surface area contributed by atoms with Gasteiger partial charge < -0.3 is 24.8 Å². The van der Waals surface area contributed by atoms with Crippen molar-refractivity contribution >= 4 is 5.96 Å². The minimum atomic E-state index is 0.200. The molecular formula is C23H38N4O3. The molecule has 2 N–H and O–H groups in total. The van der Waals surface area contributed by atoms with Crippen LogP contribution in [-0.4, -0.2) is 70.0 Å². The van der Waals surface area contributed by atoms with Gasteiger partial charge >= 0.3 is 0 Å². The summed E-state index contributed by atoms with van der Waals surface area (Å²) < 4.78 is 16.6. The highest BCUT2D eigenvalue weighted by Gasteiger charge is 2.38. The van der Waals surface area contributed by atoms with E-state index in [1.54, 1.807) is 14.2 Å². The molecule has 1 saturated carbocycles. The molecule has 0 atom stereocenters. The Labute approximate surface area is 181 Å². The molecule has 1 aromatic carbocycles. The van der Waals surface area contributed by atoms with Gasteiger partial charge in [-0.05, 0) is 25.8 Å². The van der Waals surface area contributed by atoms with Crippen LogP contribution in [0.5, 0.6) is 11.5 Å². The van der Waals surface area contributed by atoms with Crippen molar-refractivity contribution in [2.45, 2.75) is 51.1 Å². The van der Waals surface area contributed by atoms with E-state index in [0.29, 0.717) is 6.54 Å². The first-order valence-electron chi connectivity index (χ1n) is 11.3. The van der Waals surface area contributed by atoms with Crippen LogP contribution in [0.15, 0.2) is 23.2 Å². The molecule has 7 heteroatoms. The van der Waals surface area contributed by atoms with Gasteiger partial charge in [0.15, 0.2) is 17.5 Å². The fourth-order valence-electron chi connectivity index (χ4n) is 4.68. The van der Waals surface area contributed by atoms with E-state index in [1.807, 2.05) is 18.2 Å². The molecule has 2 aliphatic rings. The third-order valence-electron chi connectivity index (χ3n) is 6.29. The number of benzene rings is 1. The second kappa shape index (κ2) is 11.4. The first-order valence-corrected chi connectivity index (χ1v) is 11.3. The normalized spacial score (nSPS) is 19.9. The Morgan fingerprint density at radius 3 is 2.53 bits per heavy atom. The Morgan fingerprint density at radius 1 is 1.10 bits per heavy atom. The minimum absolute atomic E-state index is 0.200. The second-order valence-electron chi connectivity index (χ2n) is 8.09. The topological polar surface area (TPSA) is 67.4 Å².